The zero-order valence-corrected chi connectivity index (χ0v) is 6.65. The molecule has 70 valence electrons. The van der Waals surface area contributed by atoms with Crippen LogP contribution >= 0.6 is 0 Å². The van der Waals surface area contributed by atoms with Gasteiger partial charge in [0.1, 0.15) is 12.6 Å². The summed E-state index contributed by atoms with van der Waals surface area (Å²) in [5.74, 6) is -1.83. The highest BCUT2D eigenvalue weighted by molar-refractivity contribution is 5.85. The number of aliphatic hydroxyl groups excluding tert-OH is 1. The summed E-state index contributed by atoms with van der Waals surface area (Å²) in [4.78, 5) is 20.8. The van der Waals surface area contributed by atoms with Crippen molar-refractivity contribution in [1.29, 1.82) is 0 Å². The van der Waals surface area contributed by atoms with Gasteiger partial charge in [-0.2, -0.15) is 0 Å². The van der Waals surface area contributed by atoms with E-state index < -0.39 is 30.6 Å². The molecule has 0 radical (unpaired) electrons. The van der Waals surface area contributed by atoms with Gasteiger partial charge in [0.2, 0.25) is 5.91 Å². The van der Waals surface area contributed by atoms with Crippen molar-refractivity contribution >= 4 is 11.9 Å². The summed E-state index contributed by atoms with van der Waals surface area (Å²) in [5.41, 5.74) is 5.19. The lowest BCUT2D eigenvalue weighted by Crippen LogP contribution is -2.48. The van der Waals surface area contributed by atoms with Crippen LogP contribution in [0.25, 0.3) is 0 Å². The maximum Gasteiger partial charge on any atom is 0.322 e. The second-order valence-electron chi connectivity index (χ2n) is 2.38. The number of carbonyl (C=O) groups excluding carboxylic acids is 1. The first-order valence-corrected chi connectivity index (χ1v) is 3.38. The number of aliphatic carboxylic acids is 1. The van der Waals surface area contributed by atoms with Gasteiger partial charge in [0.25, 0.3) is 0 Å². The summed E-state index contributed by atoms with van der Waals surface area (Å²) in [6.07, 6.45) is -0.987. The SMILES string of the molecule is CC(O)[C@H](N)C(=O)NCC(=O)O. The van der Waals surface area contributed by atoms with Crippen LogP contribution in [0.4, 0.5) is 0 Å². The molecule has 0 aliphatic heterocycles. The van der Waals surface area contributed by atoms with Crippen molar-refractivity contribution < 1.29 is 19.8 Å². The Morgan fingerprint density at radius 1 is 1.58 bits per heavy atom. The molecule has 0 fully saturated rings. The van der Waals surface area contributed by atoms with Crippen LogP contribution in [-0.2, 0) is 9.59 Å². The minimum Gasteiger partial charge on any atom is -0.480 e. The molecule has 0 bridgehead atoms. The van der Waals surface area contributed by atoms with Crippen LogP contribution in [0.1, 0.15) is 6.92 Å². The lowest BCUT2D eigenvalue weighted by molar-refractivity contribution is -0.138. The number of hydrogen-bond acceptors (Lipinski definition) is 4. The quantitative estimate of drug-likeness (QED) is 0.392. The zero-order valence-electron chi connectivity index (χ0n) is 6.65. The molecule has 0 heterocycles. The molecule has 0 saturated heterocycles. The summed E-state index contributed by atoms with van der Waals surface area (Å²) < 4.78 is 0. The normalized spacial score (nSPS) is 14.9. The maximum atomic E-state index is 10.8. The van der Waals surface area contributed by atoms with Crippen molar-refractivity contribution in [3.05, 3.63) is 0 Å². The van der Waals surface area contributed by atoms with E-state index >= 15 is 0 Å². The van der Waals surface area contributed by atoms with Crippen molar-refractivity contribution in [2.75, 3.05) is 6.54 Å². The van der Waals surface area contributed by atoms with Crippen molar-refractivity contribution in [3.63, 3.8) is 0 Å². The molecule has 0 aromatic carbocycles. The van der Waals surface area contributed by atoms with E-state index in [0.29, 0.717) is 0 Å². The van der Waals surface area contributed by atoms with E-state index in [-0.39, 0.29) is 0 Å². The van der Waals surface area contributed by atoms with Crippen LogP contribution in [0.3, 0.4) is 0 Å². The fourth-order valence-electron chi connectivity index (χ4n) is 0.500. The Labute approximate surface area is 69.4 Å². The molecule has 0 saturated carbocycles. The number of hydrogen-bond donors (Lipinski definition) is 4. The summed E-state index contributed by atoms with van der Waals surface area (Å²) in [5, 5.41) is 19.0. The van der Waals surface area contributed by atoms with Gasteiger partial charge in [0, 0.05) is 0 Å². The topological polar surface area (TPSA) is 113 Å². The Hall–Kier alpha value is -1.14. The van der Waals surface area contributed by atoms with Gasteiger partial charge < -0.3 is 21.3 Å². The molecule has 0 spiro atoms. The zero-order chi connectivity index (χ0) is 9.72. The number of aliphatic hydroxyl groups is 1. The van der Waals surface area contributed by atoms with E-state index in [2.05, 4.69) is 0 Å². The Kier molecular flexibility index (Phi) is 4.24. The fourth-order valence-corrected chi connectivity index (χ4v) is 0.500. The van der Waals surface area contributed by atoms with Crippen LogP contribution in [0, 0.1) is 0 Å². The summed E-state index contributed by atoms with van der Waals surface area (Å²) >= 11 is 0. The monoisotopic (exact) mass is 176 g/mol. The number of carbonyl (C=O) groups is 2. The number of rotatable bonds is 4. The van der Waals surface area contributed by atoms with Gasteiger partial charge in [0.05, 0.1) is 6.10 Å². The van der Waals surface area contributed by atoms with Crippen molar-refractivity contribution in [2.45, 2.75) is 19.1 Å². The van der Waals surface area contributed by atoms with Crippen LogP contribution in [0.5, 0.6) is 0 Å². The van der Waals surface area contributed by atoms with Crippen LogP contribution < -0.4 is 11.1 Å². The Morgan fingerprint density at radius 2 is 2.08 bits per heavy atom. The summed E-state index contributed by atoms with van der Waals surface area (Å²) in [7, 11) is 0. The van der Waals surface area contributed by atoms with Crippen LogP contribution in [0.2, 0.25) is 0 Å². The predicted molar refractivity (Wildman–Crippen MR) is 40.3 cm³/mol. The molecule has 0 aliphatic carbocycles. The van der Waals surface area contributed by atoms with Gasteiger partial charge in [-0.3, -0.25) is 9.59 Å². The maximum absolute atomic E-state index is 10.8. The predicted octanol–water partition coefficient (Wildman–Crippen LogP) is -2.10. The average molecular weight is 176 g/mol. The third kappa shape index (κ3) is 3.89. The molecule has 1 amide bonds. The second kappa shape index (κ2) is 4.68. The molecule has 0 aromatic rings. The molecular formula is C6H12N2O4. The van der Waals surface area contributed by atoms with Gasteiger partial charge in [-0.15, -0.1) is 0 Å². The summed E-state index contributed by atoms with van der Waals surface area (Å²) in [6, 6.07) is -1.08. The molecule has 6 nitrogen and oxygen atoms in total. The first kappa shape index (κ1) is 10.9. The third-order valence-electron chi connectivity index (χ3n) is 1.24. The van der Waals surface area contributed by atoms with Crippen molar-refractivity contribution in [2.24, 2.45) is 5.73 Å². The number of nitrogens with one attached hydrogen (secondary N) is 1. The highest BCUT2D eigenvalue weighted by Gasteiger charge is 2.18. The van der Waals surface area contributed by atoms with Crippen LogP contribution in [-0.4, -0.2) is 40.8 Å². The van der Waals surface area contributed by atoms with Gasteiger partial charge in [-0.05, 0) is 6.92 Å². The van der Waals surface area contributed by atoms with E-state index in [1.807, 2.05) is 5.32 Å². The minimum atomic E-state index is -1.15. The molecule has 1 unspecified atom stereocenters. The molecule has 12 heavy (non-hydrogen) atoms. The Balaban J connectivity index is 3.80. The lowest BCUT2D eigenvalue weighted by Gasteiger charge is -2.12. The second-order valence-corrected chi connectivity index (χ2v) is 2.38. The number of carboxylic acid groups (broad SMARTS) is 1. The van der Waals surface area contributed by atoms with E-state index in [9.17, 15) is 9.59 Å². The highest BCUT2D eigenvalue weighted by Crippen LogP contribution is 1.87. The van der Waals surface area contributed by atoms with E-state index in [1.165, 1.54) is 6.92 Å². The molecule has 0 rings (SSSR count). The van der Waals surface area contributed by atoms with E-state index in [0.717, 1.165) is 0 Å². The average Bonchev–Trinajstić information content (AvgIpc) is 1.98. The van der Waals surface area contributed by atoms with Crippen LogP contribution in [0.15, 0.2) is 0 Å². The minimum absolute atomic E-state index is 0.487. The molecule has 0 aromatic heterocycles. The fraction of sp³-hybridized carbons (Fsp3) is 0.667. The first-order chi connectivity index (χ1) is 5.45. The Morgan fingerprint density at radius 3 is 2.42 bits per heavy atom. The summed E-state index contributed by atoms with van der Waals surface area (Å²) in [6.45, 7) is 0.865. The molecule has 6 heteroatoms. The smallest absolute Gasteiger partial charge is 0.322 e. The van der Waals surface area contributed by atoms with Crippen molar-refractivity contribution in [3.8, 4) is 0 Å². The van der Waals surface area contributed by atoms with Crippen molar-refractivity contribution in [1.82, 2.24) is 5.32 Å². The van der Waals surface area contributed by atoms with Gasteiger partial charge >= 0.3 is 5.97 Å². The largest absolute Gasteiger partial charge is 0.480 e. The third-order valence-corrected chi connectivity index (χ3v) is 1.24. The molecule has 2 atom stereocenters. The molecule has 0 aliphatic rings. The van der Waals surface area contributed by atoms with E-state index in [4.69, 9.17) is 15.9 Å². The highest BCUT2D eigenvalue weighted by atomic mass is 16.4. The number of nitrogens with two attached hydrogens (primary N) is 1. The number of carboxylic acids is 1. The van der Waals surface area contributed by atoms with E-state index in [1.54, 1.807) is 0 Å². The number of amides is 1. The van der Waals surface area contributed by atoms with Gasteiger partial charge in [-0.25, -0.2) is 0 Å². The first-order valence-electron chi connectivity index (χ1n) is 3.38. The van der Waals surface area contributed by atoms with Gasteiger partial charge in [-0.1, -0.05) is 0 Å². The van der Waals surface area contributed by atoms with Gasteiger partial charge in [0.15, 0.2) is 0 Å². The molecular weight excluding hydrogens is 164 g/mol. The standard InChI is InChI=1S/C6H12N2O4/c1-3(9)5(7)6(12)8-2-4(10)11/h3,5,9H,2,7H2,1H3,(H,8,12)(H,10,11)/t3?,5-/m0/s1. The Bertz CT molecular complexity index is 180. The lowest BCUT2D eigenvalue weighted by atomic mass is 10.2. The molecule has 5 N–H and O–H groups in total.